The van der Waals surface area contributed by atoms with Gasteiger partial charge in [-0.2, -0.15) is 18.3 Å². The average Bonchev–Trinajstić information content (AvgIpc) is 2.79. The minimum Gasteiger partial charge on any atom is -0.366 e. The van der Waals surface area contributed by atoms with Crippen LogP contribution in [0.1, 0.15) is 12.7 Å². The highest BCUT2D eigenvalue weighted by Gasteiger charge is 2.35. The summed E-state index contributed by atoms with van der Waals surface area (Å²) in [6.45, 7) is 2.28. The third kappa shape index (κ3) is 3.83. The SMILES string of the molecule is CC(Cn1cccn1)Nc1cc(Cl)nc(C(F)(F)F)n1. The van der Waals surface area contributed by atoms with E-state index in [1.807, 2.05) is 0 Å². The van der Waals surface area contributed by atoms with Gasteiger partial charge in [-0.3, -0.25) is 4.68 Å². The summed E-state index contributed by atoms with van der Waals surface area (Å²) >= 11 is 5.57. The van der Waals surface area contributed by atoms with E-state index in [0.29, 0.717) is 6.54 Å². The molecule has 0 radical (unpaired) electrons. The quantitative estimate of drug-likeness (QED) is 0.883. The van der Waals surface area contributed by atoms with Gasteiger partial charge in [-0.05, 0) is 13.0 Å². The van der Waals surface area contributed by atoms with Gasteiger partial charge in [0.2, 0.25) is 5.82 Å². The molecule has 1 N–H and O–H groups in total. The number of nitrogens with one attached hydrogen (secondary N) is 1. The topological polar surface area (TPSA) is 55.6 Å². The van der Waals surface area contributed by atoms with Crippen LogP contribution in [0.15, 0.2) is 24.5 Å². The van der Waals surface area contributed by atoms with E-state index in [1.165, 1.54) is 6.07 Å². The molecule has 0 aromatic carbocycles. The predicted octanol–water partition coefficient (Wildman–Crippen LogP) is 2.85. The van der Waals surface area contributed by atoms with E-state index in [1.54, 1.807) is 30.1 Å². The first kappa shape index (κ1) is 14.6. The van der Waals surface area contributed by atoms with E-state index in [2.05, 4.69) is 20.4 Å². The van der Waals surface area contributed by atoms with Crippen molar-refractivity contribution < 1.29 is 13.2 Å². The van der Waals surface area contributed by atoms with Gasteiger partial charge in [-0.25, -0.2) is 9.97 Å². The van der Waals surface area contributed by atoms with Crippen LogP contribution >= 0.6 is 11.6 Å². The Balaban J connectivity index is 2.11. The number of aromatic nitrogens is 4. The lowest BCUT2D eigenvalue weighted by Gasteiger charge is -2.15. The fourth-order valence-electron chi connectivity index (χ4n) is 1.61. The molecule has 5 nitrogen and oxygen atoms in total. The predicted molar refractivity (Wildman–Crippen MR) is 67.4 cm³/mol. The van der Waals surface area contributed by atoms with Crippen molar-refractivity contribution in [2.75, 3.05) is 5.32 Å². The van der Waals surface area contributed by atoms with Crippen LogP contribution in [-0.2, 0) is 12.7 Å². The van der Waals surface area contributed by atoms with E-state index in [4.69, 9.17) is 11.6 Å². The second kappa shape index (κ2) is 5.66. The van der Waals surface area contributed by atoms with Crippen molar-refractivity contribution in [1.82, 2.24) is 19.7 Å². The summed E-state index contributed by atoms with van der Waals surface area (Å²) < 4.78 is 39.4. The zero-order valence-electron chi connectivity index (χ0n) is 10.4. The zero-order valence-corrected chi connectivity index (χ0v) is 11.2. The van der Waals surface area contributed by atoms with Gasteiger partial charge >= 0.3 is 6.18 Å². The lowest BCUT2D eigenvalue weighted by molar-refractivity contribution is -0.144. The molecule has 2 aromatic heterocycles. The van der Waals surface area contributed by atoms with Crippen molar-refractivity contribution in [3.8, 4) is 0 Å². The summed E-state index contributed by atoms with van der Waals surface area (Å²) in [6.07, 6.45) is -1.26. The van der Waals surface area contributed by atoms with Crippen molar-refractivity contribution in [3.05, 3.63) is 35.5 Å². The molecule has 20 heavy (non-hydrogen) atoms. The number of nitrogens with zero attached hydrogens (tertiary/aromatic N) is 4. The van der Waals surface area contributed by atoms with Crippen LogP contribution in [0.4, 0.5) is 19.0 Å². The van der Waals surface area contributed by atoms with Gasteiger partial charge in [0.1, 0.15) is 11.0 Å². The number of hydrogen-bond donors (Lipinski definition) is 1. The summed E-state index contributed by atoms with van der Waals surface area (Å²) in [5, 5.41) is 6.58. The van der Waals surface area contributed by atoms with Crippen LogP contribution in [0.25, 0.3) is 0 Å². The monoisotopic (exact) mass is 305 g/mol. The first-order chi connectivity index (χ1) is 9.34. The van der Waals surface area contributed by atoms with E-state index in [-0.39, 0.29) is 17.0 Å². The summed E-state index contributed by atoms with van der Waals surface area (Å²) in [4.78, 5) is 6.57. The number of hydrogen-bond acceptors (Lipinski definition) is 4. The van der Waals surface area contributed by atoms with Gasteiger partial charge in [0.05, 0.1) is 6.54 Å². The van der Waals surface area contributed by atoms with Gasteiger partial charge in [0.15, 0.2) is 0 Å². The molecular formula is C11H11ClF3N5. The number of rotatable bonds is 4. The van der Waals surface area contributed by atoms with Gasteiger partial charge in [-0.15, -0.1) is 0 Å². The first-order valence-electron chi connectivity index (χ1n) is 5.70. The Morgan fingerprint density at radius 2 is 2.15 bits per heavy atom. The molecule has 108 valence electrons. The first-order valence-corrected chi connectivity index (χ1v) is 6.08. The minimum absolute atomic E-state index is 0.0250. The summed E-state index contributed by atoms with van der Waals surface area (Å²) in [5.41, 5.74) is 0. The van der Waals surface area contributed by atoms with Crippen LogP contribution < -0.4 is 5.32 Å². The lowest BCUT2D eigenvalue weighted by Crippen LogP contribution is -2.23. The Hall–Kier alpha value is -1.83. The highest BCUT2D eigenvalue weighted by molar-refractivity contribution is 6.29. The van der Waals surface area contributed by atoms with Crippen LogP contribution in [-0.4, -0.2) is 25.8 Å². The largest absolute Gasteiger partial charge is 0.451 e. The molecule has 2 aromatic rings. The van der Waals surface area contributed by atoms with Crippen LogP contribution in [0.3, 0.4) is 0 Å². The van der Waals surface area contributed by atoms with E-state index in [9.17, 15) is 13.2 Å². The minimum atomic E-state index is -4.63. The maximum absolute atomic E-state index is 12.6. The molecule has 1 unspecified atom stereocenters. The molecular weight excluding hydrogens is 295 g/mol. The fourth-order valence-corrected chi connectivity index (χ4v) is 1.79. The lowest BCUT2D eigenvalue weighted by atomic mass is 10.3. The van der Waals surface area contributed by atoms with E-state index < -0.39 is 12.0 Å². The standard InChI is InChI=1S/C11H11ClF3N5/c1-7(6-20-4-2-3-16-20)17-9-5-8(12)18-10(19-9)11(13,14)15/h2-5,7H,6H2,1H3,(H,17,18,19). The molecule has 0 saturated heterocycles. The molecule has 9 heteroatoms. The van der Waals surface area contributed by atoms with E-state index in [0.717, 1.165) is 0 Å². The highest BCUT2D eigenvalue weighted by Crippen LogP contribution is 2.28. The Morgan fingerprint density at radius 3 is 2.75 bits per heavy atom. The average molecular weight is 306 g/mol. The van der Waals surface area contributed by atoms with Crippen LogP contribution in [0, 0.1) is 0 Å². The highest BCUT2D eigenvalue weighted by atomic mass is 35.5. The molecule has 0 saturated carbocycles. The van der Waals surface area contributed by atoms with Crippen LogP contribution in [0.5, 0.6) is 0 Å². The molecule has 2 rings (SSSR count). The molecule has 0 fully saturated rings. The van der Waals surface area contributed by atoms with Crippen molar-refractivity contribution in [2.24, 2.45) is 0 Å². The Kier molecular flexibility index (Phi) is 4.12. The summed E-state index contributed by atoms with van der Waals surface area (Å²) in [7, 11) is 0. The number of halogens is 4. The molecule has 1 atom stereocenters. The van der Waals surface area contributed by atoms with Gasteiger partial charge in [0, 0.05) is 24.5 Å². The van der Waals surface area contributed by atoms with Crippen molar-refractivity contribution >= 4 is 17.4 Å². The molecule has 0 aliphatic rings. The van der Waals surface area contributed by atoms with Crippen molar-refractivity contribution in [3.63, 3.8) is 0 Å². The molecule has 0 aliphatic carbocycles. The fraction of sp³-hybridized carbons (Fsp3) is 0.364. The van der Waals surface area contributed by atoms with Crippen molar-refractivity contribution in [2.45, 2.75) is 25.7 Å². The molecule has 0 amide bonds. The zero-order chi connectivity index (χ0) is 14.8. The summed E-state index contributed by atoms with van der Waals surface area (Å²) in [6, 6.07) is 2.83. The third-order valence-corrected chi connectivity index (χ3v) is 2.56. The van der Waals surface area contributed by atoms with Gasteiger partial charge in [0.25, 0.3) is 0 Å². The maximum Gasteiger partial charge on any atom is 0.451 e. The second-order valence-electron chi connectivity index (χ2n) is 4.17. The van der Waals surface area contributed by atoms with Gasteiger partial charge in [-0.1, -0.05) is 11.6 Å². The van der Waals surface area contributed by atoms with Gasteiger partial charge < -0.3 is 5.32 Å². The molecule has 2 heterocycles. The normalized spacial score (nSPS) is 13.2. The Labute approximate surface area is 117 Å². The molecule has 0 bridgehead atoms. The van der Waals surface area contributed by atoms with Crippen molar-refractivity contribution in [1.29, 1.82) is 0 Å². The molecule has 0 aliphatic heterocycles. The smallest absolute Gasteiger partial charge is 0.366 e. The maximum atomic E-state index is 12.6. The number of alkyl halides is 3. The van der Waals surface area contributed by atoms with Crippen LogP contribution in [0.2, 0.25) is 5.15 Å². The summed E-state index contributed by atoms with van der Waals surface area (Å²) in [5.74, 6) is -1.24. The van der Waals surface area contributed by atoms with E-state index >= 15 is 0 Å². The Morgan fingerprint density at radius 1 is 1.40 bits per heavy atom. The third-order valence-electron chi connectivity index (χ3n) is 2.36. The second-order valence-corrected chi connectivity index (χ2v) is 4.56. The number of anilines is 1. The Bertz CT molecular complexity index is 570. The molecule has 0 spiro atoms.